The molecular formula is C22H18ClN3O3S2. The van der Waals surface area contributed by atoms with E-state index in [9.17, 15) is 13.2 Å². The molecule has 1 amide bonds. The smallest absolute Gasteiger partial charge is 0.264 e. The van der Waals surface area contributed by atoms with E-state index in [0.29, 0.717) is 26.9 Å². The monoisotopic (exact) mass is 471 g/mol. The molecule has 6 nitrogen and oxygen atoms in total. The fourth-order valence-electron chi connectivity index (χ4n) is 3.13. The number of carbonyl (C=O) groups excluding carboxylic acids is 1. The van der Waals surface area contributed by atoms with E-state index in [1.807, 2.05) is 18.2 Å². The number of hydrogen-bond acceptors (Lipinski definition) is 5. The quantitative estimate of drug-likeness (QED) is 0.407. The van der Waals surface area contributed by atoms with Crippen LogP contribution in [0.15, 0.2) is 77.7 Å². The van der Waals surface area contributed by atoms with Crippen molar-refractivity contribution in [3.63, 3.8) is 0 Å². The van der Waals surface area contributed by atoms with Gasteiger partial charge in [-0.05, 0) is 55.5 Å². The molecule has 0 atom stereocenters. The van der Waals surface area contributed by atoms with Crippen molar-refractivity contribution in [3.05, 3.63) is 83.4 Å². The van der Waals surface area contributed by atoms with E-state index in [0.717, 1.165) is 4.70 Å². The van der Waals surface area contributed by atoms with Crippen molar-refractivity contribution < 1.29 is 13.2 Å². The highest BCUT2D eigenvalue weighted by molar-refractivity contribution is 7.92. The van der Waals surface area contributed by atoms with E-state index in [-0.39, 0.29) is 17.3 Å². The number of aromatic nitrogens is 1. The topological polar surface area (TPSA) is 79.4 Å². The van der Waals surface area contributed by atoms with Gasteiger partial charge in [-0.15, -0.1) is 0 Å². The summed E-state index contributed by atoms with van der Waals surface area (Å²) in [7, 11) is -3.75. The molecule has 1 N–H and O–H groups in total. The predicted octanol–water partition coefficient (Wildman–Crippen LogP) is 5.42. The molecule has 31 heavy (non-hydrogen) atoms. The Labute approximate surface area is 189 Å². The molecule has 0 bridgehead atoms. The van der Waals surface area contributed by atoms with Crippen LogP contribution in [0.25, 0.3) is 10.2 Å². The second-order valence-electron chi connectivity index (χ2n) is 6.59. The number of halogens is 1. The van der Waals surface area contributed by atoms with Crippen LogP contribution in [-0.2, 0) is 10.0 Å². The molecule has 0 unspecified atom stereocenters. The van der Waals surface area contributed by atoms with Gasteiger partial charge in [0.2, 0.25) is 0 Å². The summed E-state index contributed by atoms with van der Waals surface area (Å²) < 4.78 is 28.3. The summed E-state index contributed by atoms with van der Waals surface area (Å²) in [6, 6.07) is 20.2. The van der Waals surface area contributed by atoms with Crippen LogP contribution in [0.5, 0.6) is 0 Å². The van der Waals surface area contributed by atoms with Crippen LogP contribution in [-0.4, -0.2) is 25.9 Å². The number of para-hydroxylation sites is 2. The first-order valence-electron chi connectivity index (χ1n) is 9.44. The first-order chi connectivity index (χ1) is 14.9. The zero-order valence-corrected chi connectivity index (χ0v) is 18.8. The minimum atomic E-state index is -3.75. The lowest BCUT2D eigenvalue weighted by molar-refractivity contribution is 0.102. The van der Waals surface area contributed by atoms with Crippen molar-refractivity contribution in [2.75, 3.05) is 16.2 Å². The normalized spacial score (nSPS) is 11.4. The molecular weight excluding hydrogens is 454 g/mol. The van der Waals surface area contributed by atoms with Gasteiger partial charge in [0.15, 0.2) is 5.13 Å². The van der Waals surface area contributed by atoms with E-state index < -0.39 is 10.0 Å². The highest BCUT2D eigenvalue weighted by atomic mass is 35.5. The molecule has 4 aromatic rings. The van der Waals surface area contributed by atoms with Crippen molar-refractivity contribution in [2.45, 2.75) is 11.8 Å². The highest BCUT2D eigenvalue weighted by Gasteiger charge is 2.23. The second kappa shape index (κ2) is 8.66. The fourth-order valence-corrected chi connectivity index (χ4v) is 5.76. The minimum absolute atomic E-state index is 0.113. The van der Waals surface area contributed by atoms with Gasteiger partial charge in [0.05, 0.1) is 20.3 Å². The van der Waals surface area contributed by atoms with Crippen LogP contribution >= 0.6 is 22.9 Å². The van der Waals surface area contributed by atoms with E-state index in [1.54, 1.807) is 37.3 Å². The number of carbonyl (C=O) groups is 1. The van der Waals surface area contributed by atoms with Crippen LogP contribution < -0.4 is 9.62 Å². The van der Waals surface area contributed by atoms with E-state index in [4.69, 9.17) is 11.6 Å². The number of anilines is 2. The SMILES string of the molecule is CCN(c1ccccc1)S(=O)(=O)c1ccc(C(=O)Nc2nc3c(Cl)cccc3s2)cc1. The molecule has 3 aromatic carbocycles. The molecule has 9 heteroatoms. The highest BCUT2D eigenvalue weighted by Crippen LogP contribution is 2.31. The maximum atomic E-state index is 13.1. The molecule has 4 rings (SSSR count). The molecule has 0 spiro atoms. The molecule has 0 saturated heterocycles. The molecule has 1 heterocycles. The summed E-state index contributed by atoms with van der Waals surface area (Å²) in [5.41, 5.74) is 1.54. The van der Waals surface area contributed by atoms with Crippen molar-refractivity contribution in [1.82, 2.24) is 4.98 Å². The molecule has 0 saturated carbocycles. The third-order valence-electron chi connectivity index (χ3n) is 4.63. The van der Waals surface area contributed by atoms with Crippen LogP contribution in [0, 0.1) is 0 Å². The van der Waals surface area contributed by atoms with Gasteiger partial charge in [0, 0.05) is 12.1 Å². The van der Waals surface area contributed by atoms with Crippen LogP contribution in [0.3, 0.4) is 0 Å². The standard InChI is InChI=1S/C22H18ClN3O3S2/c1-2-26(16-7-4-3-5-8-16)31(28,29)17-13-11-15(12-14-17)21(27)25-22-24-20-18(23)9-6-10-19(20)30-22/h3-14H,2H2,1H3,(H,24,25,27). The van der Waals surface area contributed by atoms with Gasteiger partial charge in [-0.1, -0.05) is 47.2 Å². The first kappa shape index (κ1) is 21.3. The van der Waals surface area contributed by atoms with Crippen LogP contribution in [0.2, 0.25) is 5.02 Å². The van der Waals surface area contributed by atoms with Gasteiger partial charge in [-0.25, -0.2) is 13.4 Å². The predicted molar refractivity (Wildman–Crippen MR) is 126 cm³/mol. The lowest BCUT2D eigenvalue weighted by atomic mass is 10.2. The number of rotatable bonds is 6. The number of benzene rings is 3. The number of thiazole rings is 1. The molecule has 0 fully saturated rings. The molecule has 158 valence electrons. The number of hydrogen-bond donors (Lipinski definition) is 1. The Morgan fingerprint density at radius 1 is 1.03 bits per heavy atom. The van der Waals surface area contributed by atoms with Crippen LogP contribution in [0.1, 0.15) is 17.3 Å². The van der Waals surface area contributed by atoms with Crippen molar-refractivity contribution >= 4 is 59.9 Å². The van der Waals surface area contributed by atoms with Gasteiger partial charge in [-0.3, -0.25) is 14.4 Å². The maximum Gasteiger partial charge on any atom is 0.264 e. The second-order valence-corrected chi connectivity index (χ2v) is 9.89. The third kappa shape index (κ3) is 4.27. The van der Waals surface area contributed by atoms with E-state index in [2.05, 4.69) is 10.3 Å². The Hall–Kier alpha value is -2.94. The van der Waals surface area contributed by atoms with Gasteiger partial charge in [0.1, 0.15) is 5.52 Å². The average Bonchev–Trinajstić information content (AvgIpc) is 3.19. The lowest BCUT2D eigenvalue weighted by Crippen LogP contribution is -2.30. The maximum absolute atomic E-state index is 13.1. The summed E-state index contributed by atoms with van der Waals surface area (Å²) in [5.74, 6) is -0.380. The van der Waals surface area contributed by atoms with E-state index >= 15 is 0 Å². The lowest BCUT2D eigenvalue weighted by Gasteiger charge is -2.22. The van der Waals surface area contributed by atoms with Gasteiger partial charge < -0.3 is 0 Å². The summed E-state index contributed by atoms with van der Waals surface area (Å²) in [6.45, 7) is 2.06. The van der Waals surface area contributed by atoms with Gasteiger partial charge in [-0.2, -0.15) is 0 Å². The number of nitrogens with one attached hydrogen (secondary N) is 1. The number of fused-ring (bicyclic) bond motifs is 1. The largest absolute Gasteiger partial charge is 0.298 e. The summed E-state index contributed by atoms with van der Waals surface area (Å²) in [4.78, 5) is 17.1. The summed E-state index contributed by atoms with van der Waals surface area (Å²) in [5, 5.41) is 3.68. The third-order valence-corrected chi connectivity index (χ3v) is 7.78. The van der Waals surface area contributed by atoms with Crippen molar-refractivity contribution in [3.8, 4) is 0 Å². The Morgan fingerprint density at radius 2 is 1.74 bits per heavy atom. The average molecular weight is 472 g/mol. The Kier molecular flexibility index (Phi) is 5.95. The van der Waals surface area contributed by atoms with E-state index in [1.165, 1.54) is 39.9 Å². The number of sulfonamides is 1. The van der Waals surface area contributed by atoms with Crippen molar-refractivity contribution in [1.29, 1.82) is 0 Å². The first-order valence-corrected chi connectivity index (χ1v) is 12.1. The Balaban J connectivity index is 1.55. The van der Waals surface area contributed by atoms with Crippen LogP contribution in [0.4, 0.5) is 10.8 Å². The van der Waals surface area contributed by atoms with Crippen molar-refractivity contribution in [2.24, 2.45) is 0 Å². The number of amides is 1. The molecule has 0 aliphatic carbocycles. The molecule has 0 radical (unpaired) electrons. The molecule has 0 aliphatic rings. The zero-order chi connectivity index (χ0) is 22.0. The summed E-state index contributed by atoms with van der Waals surface area (Å²) in [6.07, 6.45) is 0. The Morgan fingerprint density at radius 3 is 2.39 bits per heavy atom. The number of nitrogens with zero attached hydrogens (tertiary/aromatic N) is 2. The summed E-state index contributed by atoms with van der Waals surface area (Å²) >= 11 is 7.45. The minimum Gasteiger partial charge on any atom is -0.298 e. The Bertz CT molecular complexity index is 1340. The van der Waals surface area contributed by atoms with Gasteiger partial charge >= 0.3 is 0 Å². The molecule has 1 aromatic heterocycles. The molecule has 0 aliphatic heterocycles. The zero-order valence-electron chi connectivity index (χ0n) is 16.4. The van der Waals surface area contributed by atoms with Gasteiger partial charge in [0.25, 0.3) is 15.9 Å². The fraction of sp³-hybridized carbons (Fsp3) is 0.0909.